The molecule has 0 bridgehead atoms. The minimum atomic E-state index is -0.573. The molecule has 2 aromatic heterocycles. The van der Waals surface area contributed by atoms with Crippen LogP contribution in [-0.4, -0.2) is 32.7 Å². The van der Waals surface area contributed by atoms with Gasteiger partial charge >= 0.3 is 0 Å². The molecular formula is C17H16N6O. The fraction of sp³-hybridized carbons (Fsp3) is 0.235. The number of rotatable bonds is 3. The summed E-state index contributed by atoms with van der Waals surface area (Å²) in [4.78, 5) is 16.0. The average Bonchev–Trinajstić information content (AvgIpc) is 3.20. The van der Waals surface area contributed by atoms with Crippen molar-refractivity contribution >= 4 is 22.8 Å². The maximum Gasteiger partial charge on any atom is 0.255 e. The summed E-state index contributed by atoms with van der Waals surface area (Å²) in [6.07, 6.45) is 4.33. The summed E-state index contributed by atoms with van der Waals surface area (Å²) in [6.45, 7) is 0. The van der Waals surface area contributed by atoms with Crippen molar-refractivity contribution in [2.75, 3.05) is 12.4 Å². The first-order valence-corrected chi connectivity index (χ1v) is 7.72. The van der Waals surface area contributed by atoms with Crippen molar-refractivity contribution in [3.63, 3.8) is 0 Å². The van der Waals surface area contributed by atoms with Crippen LogP contribution < -0.4 is 11.1 Å². The Kier molecular flexibility index (Phi) is 3.24. The van der Waals surface area contributed by atoms with Crippen molar-refractivity contribution in [1.29, 1.82) is 0 Å². The van der Waals surface area contributed by atoms with E-state index in [4.69, 9.17) is 5.73 Å². The molecule has 1 aliphatic carbocycles. The maximum absolute atomic E-state index is 11.6. The van der Waals surface area contributed by atoms with Crippen LogP contribution in [0.15, 0.2) is 24.5 Å². The Morgan fingerprint density at radius 3 is 2.96 bits per heavy atom. The zero-order chi connectivity index (χ0) is 16.7. The number of carbonyl (C=O) groups is 1. The van der Waals surface area contributed by atoms with Crippen molar-refractivity contribution in [1.82, 2.24) is 19.7 Å². The Morgan fingerprint density at radius 1 is 1.42 bits per heavy atom. The van der Waals surface area contributed by atoms with E-state index in [9.17, 15) is 4.79 Å². The van der Waals surface area contributed by atoms with E-state index in [-0.39, 0.29) is 5.56 Å². The Bertz CT molecular complexity index is 999. The summed E-state index contributed by atoms with van der Waals surface area (Å²) < 4.78 is 2.21. The van der Waals surface area contributed by atoms with Gasteiger partial charge in [0.15, 0.2) is 5.82 Å². The lowest BCUT2D eigenvalue weighted by Crippen LogP contribution is -2.13. The number of benzene rings is 1. The third-order valence-electron chi connectivity index (χ3n) is 4.10. The number of H-pyrrole nitrogens is 1. The highest BCUT2D eigenvalue weighted by molar-refractivity contribution is 5.99. The third kappa shape index (κ3) is 2.38. The monoisotopic (exact) mass is 320 g/mol. The number of amides is 1. The van der Waals surface area contributed by atoms with Gasteiger partial charge in [-0.3, -0.25) is 9.89 Å². The molecule has 1 amide bonds. The molecule has 3 aromatic rings. The maximum atomic E-state index is 11.6. The average molecular weight is 320 g/mol. The van der Waals surface area contributed by atoms with Gasteiger partial charge < -0.3 is 15.6 Å². The SMILES string of the molecule is CNc1n[nH]c(C#Cc2ccc3c(c2)ncn3C2CC2)c1C(N)=O. The minimum Gasteiger partial charge on any atom is -0.371 e. The second kappa shape index (κ2) is 5.42. The highest BCUT2D eigenvalue weighted by Crippen LogP contribution is 2.37. The molecule has 7 nitrogen and oxygen atoms in total. The van der Waals surface area contributed by atoms with Crippen LogP contribution in [0.1, 0.15) is 40.5 Å². The number of nitrogens with two attached hydrogens (primary N) is 1. The second-order valence-corrected chi connectivity index (χ2v) is 5.77. The summed E-state index contributed by atoms with van der Waals surface area (Å²) in [7, 11) is 1.67. The minimum absolute atomic E-state index is 0.268. The van der Waals surface area contributed by atoms with Gasteiger partial charge in [-0.2, -0.15) is 5.10 Å². The molecule has 0 radical (unpaired) electrons. The number of imidazole rings is 1. The Morgan fingerprint density at radius 2 is 2.25 bits per heavy atom. The van der Waals surface area contributed by atoms with E-state index in [1.165, 1.54) is 12.8 Å². The molecule has 4 rings (SSSR count). The number of carbonyl (C=O) groups excluding carboxylic acids is 1. The third-order valence-corrected chi connectivity index (χ3v) is 4.10. The molecule has 0 saturated heterocycles. The first-order chi connectivity index (χ1) is 11.7. The number of nitrogens with zero attached hydrogens (tertiary/aromatic N) is 3. The van der Waals surface area contributed by atoms with Crippen LogP contribution in [-0.2, 0) is 0 Å². The molecule has 0 atom stereocenters. The number of nitrogens with one attached hydrogen (secondary N) is 2. The van der Waals surface area contributed by atoms with Crippen molar-refractivity contribution in [2.45, 2.75) is 18.9 Å². The topological polar surface area (TPSA) is 102 Å². The summed E-state index contributed by atoms with van der Waals surface area (Å²) in [5.74, 6) is 5.78. The van der Waals surface area contributed by atoms with E-state index in [0.717, 1.165) is 16.6 Å². The fourth-order valence-corrected chi connectivity index (χ4v) is 2.74. The predicted octanol–water partition coefficient (Wildman–Crippen LogP) is 1.63. The molecule has 0 spiro atoms. The molecule has 4 N–H and O–H groups in total. The van der Waals surface area contributed by atoms with Crippen LogP contribution in [0, 0.1) is 11.8 Å². The highest BCUT2D eigenvalue weighted by Gasteiger charge is 2.24. The summed E-state index contributed by atoms with van der Waals surface area (Å²) in [5.41, 5.74) is 8.93. The lowest BCUT2D eigenvalue weighted by atomic mass is 10.1. The van der Waals surface area contributed by atoms with Crippen molar-refractivity contribution in [3.8, 4) is 11.8 Å². The molecule has 0 aliphatic heterocycles. The predicted molar refractivity (Wildman–Crippen MR) is 90.6 cm³/mol. The smallest absolute Gasteiger partial charge is 0.255 e. The number of hydrogen-bond acceptors (Lipinski definition) is 4. The Labute approximate surface area is 138 Å². The van der Waals surface area contributed by atoms with Gasteiger partial charge in [0.1, 0.15) is 11.3 Å². The van der Waals surface area contributed by atoms with Gasteiger partial charge in [-0.15, -0.1) is 0 Å². The molecule has 24 heavy (non-hydrogen) atoms. The molecule has 1 saturated carbocycles. The van der Waals surface area contributed by atoms with Gasteiger partial charge in [0.2, 0.25) is 0 Å². The second-order valence-electron chi connectivity index (χ2n) is 5.77. The zero-order valence-electron chi connectivity index (χ0n) is 13.1. The fourth-order valence-electron chi connectivity index (χ4n) is 2.74. The standard InChI is InChI=1S/C17H16N6O/c1-19-17-15(16(18)24)12(21-22-17)6-2-10-3-7-14-13(8-10)20-9-23(14)11-4-5-11/h3,7-9,11H,4-5H2,1H3,(H2,18,24)(H2,19,21,22). The quantitative estimate of drug-likeness (QED) is 0.638. The van der Waals surface area contributed by atoms with E-state index in [2.05, 4.69) is 36.9 Å². The Hall–Kier alpha value is -3.27. The summed E-state index contributed by atoms with van der Waals surface area (Å²) >= 11 is 0. The van der Waals surface area contributed by atoms with Crippen molar-refractivity contribution in [2.24, 2.45) is 5.73 Å². The van der Waals surface area contributed by atoms with Crippen LogP contribution in [0.25, 0.3) is 11.0 Å². The zero-order valence-corrected chi connectivity index (χ0v) is 13.1. The first kappa shape index (κ1) is 14.3. The molecule has 1 aliphatic rings. The van der Waals surface area contributed by atoms with Crippen LogP contribution in [0.3, 0.4) is 0 Å². The Balaban J connectivity index is 1.69. The van der Waals surface area contributed by atoms with Gasteiger partial charge in [0.05, 0.1) is 17.4 Å². The van der Waals surface area contributed by atoms with Crippen LogP contribution >= 0.6 is 0 Å². The van der Waals surface area contributed by atoms with Gasteiger partial charge in [-0.25, -0.2) is 4.98 Å². The molecule has 120 valence electrons. The largest absolute Gasteiger partial charge is 0.371 e. The molecule has 7 heteroatoms. The lowest BCUT2D eigenvalue weighted by Gasteiger charge is -2.00. The van der Waals surface area contributed by atoms with Crippen molar-refractivity contribution < 1.29 is 4.79 Å². The molecule has 1 aromatic carbocycles. The molecule has 0 unspecified atom stereocenters. The van der Waals surface area contributed by atoms with Gasteiger partial charge in [-0.05, 0) is 37.0 Å². The van der Waals surface area contributed by atoms with E-state index in [1.54, 1.807) is 7.05 Å². The van der Waals surface area contributed by atoms with Gasteiger partial charge in [-0.1, -0.05) is 5.92 Å². The highest BCUT2D eigenvalue weighted by atomic mass is 16.1. The molecule has 2 heterocycles. The molecule has 1 fully saturated rings. The number of primary amides is 1. The van der Waals surface area contributed by atoms with Crippen LogP contribution in [0.4, 0.5) is 5.82 Å². The van der Waals surface area contributed by atoms with Crippen LogP contribution in [0.2, 0.25) is 0 Å². The number of aromatic amines is 1. The summed E-state index contributed by atoms with van der Waals surface area (Å²) in [6, 6.07) is 6.52. The normalized spacial score (nSPS) is 13.5. The number of aromatic nitrogens is 4. The van der Waals surface area contributed by atoms with Crippen LogP contribution in [0.5, 0.6) is 0 Å². The van der Waals surface area contributed by atoms with E-state index < -0.39 is 5.91 Å². The molecular weight excluding hydrogens is 304 g/mol. The number of fused-ring (bicyclic) bond motifs is 1. The number of hydrogen-bond donors (Lipinski definition) is 3. The summed E-state index contributed by atoms with van der Waals surface area (Å²) in [5, 5.41) is 9.54. The van der Waals surface area contributed by atoms with E-state index >= 15 is 0 Å². The number of anilines is 1. The lowest BCUT2D eigenvalue weighted by molar-refractivity contribution is 0.100. The van der Waals surface area contributed by atoms with Gasteiger partial charge in [0, 0.05) is 18.7 Å². The van der Waals surface area contributed by atoms with E-state index in [1.807, 2.05) is 24.5 Å². The van der Waals surface area contributed by atoms with E-state index in [0.29, 0.717) is 17.6 Å². The van der Waals surface area contributed by atoms with Crippen molar-refractivity contribution in [3.05, 3.63) is 41.3 Å². The first-order valence-electron chi connectivity index (χ1n) is 7.72. The van der Waals surface area contributed by atoms with Gasteiger partial charge in [0.25, 0.3) is 5.91 Å².